The normalized spacial score (nSPS) is 23.4. The van der Waals surface area contributed by atoms with Gasteiger partial charge in [0.05, 0.1) is 26.4 Å². The van der Waals surface area contributed by atoms with Gasteiger partial charge >= 0.3 is 6.03 Å². The number of nitrogens with zero attached hydrogens (tertiary/aromatic N) is 3. The smallest absolute Gasteiger partial charge is 0.320 e. The van der Waals surface area contributed by atoms with Gasteiger partial charge in [-0.25, -0.2) is 4.79 Å². The predicted octanol–water partition coefficient (Wildman–Crippen LogP) is 2.65. The van der Waals surface area contributed by atoms with E-state index >= 15 is 0 Å². The number of pyridine rings is 1. The number of morpholine rings is 1. The highest BCUT2D eigenvalue weighted by Gasteiger charge is 2.38. The van der Waals surface area contributed by atoms with Gasteiger partial charge in [-0.2, -0.15) is 0 Å². The van der Waals surface area contributed by atoms with Crippen molar-refractivity contribution in [2.45, 2.75) is 37.3 Å². The number of hydrogen-bond acceptors (Lipinski definition) is 6. The highest BCUT2D eigenvalue weighted by Crippen LogP contribution is 2.41. The van der Waals surface area contributed by atoms with Crippen LogP contribution in [0.1, 0.15) is 36.3 Å². The summed E-state index contributed by atoms with van der Waals surface area (Å²) in [6.07, 6.45) is 6.25. The fraction of sp³-hybridized carbons (Fsp3) is 0.519. The molecule has 0 bridgehead atoms. The second-order valence-corrected chi connectivity index (χ2v) is 9.74. The molecule has 3 atom stereocenters. The second kappa shape index (κ2) is 10.7. The van der Waals surface area contributed by atoms with Crippen molar-refractivity contribution >= 4 is 11.9 Å². The third-order valence-electron chi connectivity index (χ3n) is 7.69. The van der Waals surface area contributed by atoms with Crippen LogP contribution in [0.3, 0.4) is 0 Å². The van der Waals surface area contributed by atoms with Gasteiger partial charge in [0.1, 0.15) is 6.61 Å². The Labute approximate surface area is 211 Å². The molecule has 0 saturated carbocycles. The van der Waals surface area contributed by atoms with Crippen molar-refractivity contribution in [3.63, 3.8) is 0 Å². The monoisotopic (exact) mass is 494 g/mol. The van der Waals surface area contributed by atoms with E-state index in [9.17, 15) is 9.59 Å². The summed E-state index contributed by atoms with van der Waals surface area (Å²) in [5, 5.41) is 2.98. The lowest BCUT2D eigenvalue weighted by Crippen LogP contribution is -2.62. The molecule has 1 aromatic heterocycles. The number of aromatic nitrogens is 1. The molecule has 1 N–H and O–H groups in total. The fourth-order valence-electron chi connectivity index (χ4n) is 5.84. The standard InChI is InChI=1S/C27H34N4O5/c1-34-23-6-5-19(14-24(23)35-2)26(20-4-3-10-28-15-20)18-7-11-30(12-8-18)27(33)31-13-9-22-21(16-31)29-25(32)17-36-22/h3-6,10,14-15,18,21-22,26H,7-9,11-13,16-17H2,1-2H3,(H,29,32)/t21-,22+,26-/m1/s1. The molecule has 9 heteroatoms. The Morgan fingerprint density at radius 2 is 1.83 bits per heavy atom. The minimum Gasteiger partial charge on any atom is -0.493 e. The number of ether oxygens (including phenoxy) is 3. The van der Waals surface area contributed by atoms with Crippen LogP contribution in [-0.2, 0) is 9.53 Å². The first-order valence-corrected chi connectivity index (χ1v) is 12.6. The Morgan fingerprint density at radius 1 is 1.06 bits per heavy atom. The van der Waals surface area contributed by atoms with Crippen LogP contribution in [0.2, 0.25) is 0 Å². The predicted molar refractivity (Wildman–Crippen MR) is 133 cm³/mol. The Bertz CT molecular complexity index is 1070. The zero-order valence-corrected chi connectivity index (χ0v) is 20.9. The van der Waals surface area contributed by atoms with E-state index in [-0.39, 0.29) is 36.6 Å². The SMILES string of the molecule is COc1ccc([C@H](c2cccnc2)C2CCN(C(=O)N3CC[C@@H]4OCC(=O)N[C@@H]4C3)CC2)cc1OC. The summed E-state index contributed by atoms with van der Waals surface area (Å²) in [5.41, 5.74) is 2.31. The van der Waals surface area contributed by atoms with Gasteiger partial charge in [-0.05, 0) is 54.5 Å². The van der Waals surface area contributed by atoms with E-state index in [4.69, 9.17) is 14.2 Å². The Kier molecular flexibility index (Phi) is 7.27. The van der Waals surface area contributed by atoms with Gasteiger partial charge in [0.25, 0.3) is 0 Å². The molecule has 192 valence electrons. The largest absolute Gasteiger partial charge is 0.493 e. The fourth-order valence-corrected chi connectivity index (χ4v) is 5.84. The maximum absolute atomic E-state index is 13.3. The number of rotatable bonds is 5. The number of benzene rings is 1. The van der Waals surface area contributed by atoms with Gasteiger partial charge < -0.3 is 29.3 Å². The highest BCUT2D eigenvalue weighted by atomic mass is 16.5. The molecule has 5 rings (SSSR count). The summed E-state index contributed by atoms with van der Waals surface area (Å²) in [6.45, 7) is 2.65. The molecule has 0 unspecified atom stereocenters. The number of methoxy groups -OCH3 is 2. The lowest BCUT2D eigenvalue weighted by atomic mass is 9.76. The minimum absolute atomic E-state index is 0.000727. The summed E-state index contributed by atoms with van der Waals surface area (Å²) in [4.78, 5) is 33.3. The number of likely N-dealkylation sites (tertiary alicyclic amines) is 2. The zero-order valence-electron chi connectivity index (χ0n) is 20.9. The van der Waals surface area contributed by atoms with Crippen LogP contribution in [0, 0.1) is 5.92 Å². The number of urea groups is 1. The Morgan fingerprint density at radius 3 is 2.56 bits per heavy atom. The molecular formula is C27H34N4O5. The van der Waals surface area contributed by atoms with Gasteiger partial charge in [0.15, 0.2) is 11.5 Å². The Balaban J connectivity index is 1.28. The highest BCUT2D eigenvalue weighted by molar-refractivity contribution is 5.79. The van der Waals surface area contributed by atoms with E-state index in [0.717, 1.165) is 30.4 Å². The Hall–Kier alpha value is -3.33. The number of piperidine rings is 2. The van der Waals surface area contributed by atoms with E-state index < -0.39 is 0 Å². The van der Waals surface area contributed by atoms with Crippen LogP contribution in [0.4, 0.5) is 4.79 Å². The van der Waals surface area contributed by atoms with E-state index in [2.05, 4.69) is 28.5 Å². The molecule has 3 saturated heterocycles. The number of hydrogen-bond donors (Lipinski definition) is 1. The molecule has 1 aromatic carbocycles. The number of fused-ring (bicyclic) bond motifs is 1. The first-order valence-electron chi connectivity index (χ1n) is 12.6. The van der Waals surface area contributed by atoms with Crippen molar-refractivity contribution in [3.05, 3.63) is 53.9 Å². The minimum atomic E-state index is -0.124. The maximum atomic E-state index is 13.3. The van der Waals surface area contributed by atoms with Crippen molar-refractivity contribution < 1.29 is 23.8 Å². The van der Waals surface area contributed by atoms with E-state index in [1.807, 2.05) is 28.1 Å². The maximum Gasteiger partial charge on any atom is 0.320 e. The second-order valence-electron chi connectivity index (χ2n) is 9.74. The van der Waals surface area contributed by atoms with Crippen LogP contribution in [0.25, 0.3) is 0 Å². The van der Waals surface area contributed by atoms with Crippen molar-refractivity contribution in [2.24, 2.45) is 5.92 Å². The lowest BCUT2D eigenvalue weighted by Gasteiger charge is -2.44. The van der Waals surface area contributed by atoms with E-state index in [1.54, 1.807) is 20.4 Å². The molecule has 3 fully saturated rings. The van der Waals surface area contributed by atoms with E-state index in [1.165, 1.54) is 0 Å². The molecule has 9 nitrogen and oxygen atoms in total. The van der Waals surface area contributed by atoms with Gasteiger partial charge in [-0.1, -0.05) is 12.1 Å². The van der Waals surface area contributed by atoms with Crippen molar-refractivity contribution in [1.29, 1.82) is 0 Å². The molecule has 4 heterocycles. The molecule has 2 aromatic rings. The van der Waals surface area contributed by atoms with Gasteiger partial charge in [0.2, 0.25) is 5.91 Å². The van der Waals surface area contributed by atoms with Crippen LogP contribution < -0.4 is 14.8 Å². The van der Waals surface area contributed by atoms with Crippen molar-refractivity contribution in [2.75, 3.05) is 47.0 Å². The average molecular weight is 495 g/mol. The van der Waals surface area contributed by atoms with Crippen LogP contribution in [0.15, 0.2) is 42.7 Å². The molecule has 3 amide bonds. The molecule has 3 aliphatic rings. The third kappa shape index (κ3) is 4.97. The summed E-state index contributed by atoms with van der Waals surface area (Å²) in [5.74, 6) is 1.80. The first kappa shape index (κ1) is 24.4. The van der Waals surface area contributed by atoms with Crippen LogP contribution in [-0.4, -0.2) is 85.9 Å². The summed E-state index contributed by atoms with van der Waals surface area (Å²) in [7, 11) is 3.29. The average Bonchev–Trinajstić information content (AvgIpc) is 2.93. The van der Waals surface area contributed by atoms with Gasteiger partial charge in [-0.15, -0.1) is 0 Å². The van der Waals surface area contributed by atoms with Crippen molar-refractivity contribution in [1.82, 2.24) is 20.1 Å². The molecule has 0 spiro atoms. The van der Waals surface area contributed by atoms with Crippen LogP contribution in [0.5, 0.6) is 11.5 Å². The quantitative estimate of drug-likeness (QED) is 0.687. The molecular weight excluding hydrogens is 460 g/mol. The molecule has 3 aliphatic heterocycles. The summed E-state index contributed by atoms with van der Waals surface area (Å²) < 4.78 is 16.7. The summed E-state index contributed by atoms with van der Waals surface area (Å²) >= 11 is 0. The zero-order chi connectivity index (χ0) is 25.1. The summed E-state index contributed by atoms with van der Waals surface area (Å²) in [6, 6.07) is 10.1. The topological polar surface area (TPSA) is 93.2 Å². The number of carbonyl (C=O) groups excluding carboxylic acids is 2. The number of carbonyl (C=O) groups is 2. The molecule has 0 radical (unpaired) electrons. The van der Waals surface area contributed by atoms with Gasteiger partial charge in [-0.3, -0.25) is 9.78 Å². The lowest BCUT2D eigenvalue weighted by molar-refractivity contribution is -0.139. The number of amides is 3. The van der Waals surface area contributed by atoms with Gasteiger partial charge in [0, 0.05) is 44.5 Å². The van der Waals surface area contributed by atoms with E-state index in [0.29, 0.717) is 43.6 Å². The molecule has 0 aliphatic carbocycles. The first-order chi connectivity index (χ1) is 17.6. The third-order valence-corrected chi connectivity index (χ3v) is 7.69. The molecule has 36 heavy (non-hydrogen) atoms. The number of nitrogens with one attached hydrogen (secondary N) is 1. The van der Waals surface area contributed by atoms with Crippen LogP contribution >= 0.6 is 0 Å². The van der Waals surface area contributed by atoms with Crippen molar-refractivity contribution in [3.8, 4) is 11.5 Å².